The van der Waals surface area contributed by atoms with Gasteiger partial charge in [0.2, 0.25) is 0 Å². The van der Waals surface area contributed by atoms with Crippen molar-refractivity contribution in [3.8, 4) is 12.3 Å². The summed E-state index contributed by atoms with van der Waals surface area (Å²) in [5.74, 6) is 3.34. The number of aryl methyl sites for hydroxylation is 1. The number of ether oxygens (including phenoxy) is 1. The van der Waals surface area contributed by atoms with Crippen LogP contribution in [0.5, 0.6) is 0 Å². The molecule has 10 heteroatoms. The molecule has 3 aromatic rings. The molecule has 0 radical (unpaired) electrons. The second kappa shape index (κ2) is 10.7. The topological polar surface area (TPSA) is 116 Å². The predicted octanol–water partition coefficient (Wildman–Crippen LogP) is 1.99. The zero-order valence-corrected chi connectivity index (χ0v) is 16.4. The molecule has 0 aliphatic carbocycles. The van der Waals surface area contributed by atoms with Crippen LogP contribution in [0.25, 0.3) is 0 Å². The van der Waals surface area contributed by atoms with Crippen LogP contribution in [0.4, 0.5) is 10.6 Å². The number of anilines is 1. The molecule has 1 aromatic carbocycles. The minimum absolute atomic E-state index is 0.146. The van der Waals surface area contributed by atoms with Gasteiger partial charge in [-0.1, -0.05) is 36.4 Å². The molecule has 1 amide bonds. The van der Waals surface area contributed by atoms with E-state index in [9.17, 15) is 4.79 Å². The Morgan fingerprint density at radius 1 is 1.23 bits per heavy atom. The van der Waals surface area contributed by atoms with Gasteiger partial charge >= 0.3 is 6.09 Å². The first-order valence-corrected chi connectivity index (χ1v) is 9.15. The first-order chi connectivity index (χ1) is 14.7. The Morgan fingerprint density at radius 3 is 2.80 bits per heavy atom. The van der Waals surface area contributed by atoms with Crippen LogP contribution in [0.1, 0.15) is 29.5 Å². The average molecular weight is 407 g/mol. The van der Waals surface area contributed by atoms with Gasteiger partial charge < -0.3 is 4.74 Å². The van der Waals surface area contributed by atoms with E-state index in [1.165, 1.54) is 0 Å². The van der Waals surface area contributed by atoms with Crippen LogP contribution >= 0.6 is 0 Å². The van der Waals surface area contributed by atoms with Crippen LogP contribution in [-0.2, 0) is 23.2 Å². The van der Waals surface area contributed by atoms with Gasteiger partial charge in [-0.2, -0.15) is 5.48 Å². The number of hydrogen-bond acceptors (Lipinski definition) is 8. The van der Waals surface area contributed by atoms with Crippen molar-refractivity contribution < 1.29 is 14.4 Å². The number of nitrogens with one attached hydrogen (secondary N) is 2. The fourth-order valence-electron chi connectivity index (χ4n) is 2.57. The maximum absolute atomic E-state index is 11.7. The number of aromatic nitrogens is 5. The molecule has 0 aliphatic rings. The van der Waals surface area contributed by atoms with Crippen LogP contribution in [0, 0.1) is 12.3 Å². The molecule has 30 heavy (non-hydrogen) atoms. The third-order valence-electron chi connectivity index (χ3n) is 3.98. The largest absolute Gasteiger partial charge is 0.448 e. The summed E-state index contributed by atoms with van der Waals surface area (Å²) in [6, 6.07) is 14.5. The Hall–Kier alpha value is -3.81. The standard InChI is InChI=1S/C20H21N7O3/c1-3-4-13-29-20(28)22-17-12-8-11-16(21-17)14-30-24-18(15-9-6-5-7-10-15)19-23-25-26-27(19)2/h1,5-12,18,24H,4,13-14H2,2H3,(H,21,22,28). The number of benzene rings is 1. The third kappa shape index (κ3) is 5.84. The molecule has 10 nitrogen and oxygen atoms in total. The van der Waals surface area contributed by atoms with Crippen LogP contribution in [0.3, 0.4) is 0 Å². The van der Waals surface area contributed by atoms with E-state index in [0.717, 1.165) is 5.56 Å². The number of carbonyl (C=O) groups is 1. The Labute approximate surface area is 173 Å². The highest BCUT2D eigenvalue weighted by atomic mass is 16.6. The number of terminal acetylenes is 1. The van der Waals surface area contributed by atoms with Gasteiger partial charge in [0.15, 0.2) is 5.82 Å². The Morgan fingerprint density at radius 2 is 2.07 bits per heavy atom. The van der Waals surface area contributed by atoms with Gasteiger partial charge in [-0.15, -0.1) is 17.4 Å². The normalized spacial score (nSPS) is 11.5. The number of carbonyl (C=O) groups excluding carboxylic acids is 1. The Bertz CT molecular complexity index is 1000. The van der Waals surface area contributed by atoms with Crippen LogP contribution in [0.15, 0.2) is 48.5 Å². The molecule has 0 bridgehead atoms. The molecule has 1 unspecified atom stereocenters. The summed E-state index contributed by atoms with van der Waals surface area (Å²) < 4.78 is 6.52. The monoisotopic (exact) mass is 407 g/mol. The van der Waals surface area contributed by atoms with Gasteiger partial charge in [-0.25, -0.2) is 14.5 Å². The molecule has 0 fully saturated rings. The van der Waals surface area contributed by atoms with E-state index in [1.807, 2.05) is 30.3 Å². The van der Waals surface area contributed by atoms with E-state index in [-0.39, 0.29) is 19.3 Å². The molecule has 2 aromatic heterocycles. The lowest BCUT2D eigenvalue weighted by molar-refractivity contribution is 0.00751. The fourth-order valence-corrected chi connectivity index (χ4v) is 2.57. The number of amides is 1. The third-order valence-corrected chi connectivity index (χ3v) is 3.98. The van der Waals surface area contributed by atoms with Gasteiger partial charge in [-0.3, -0.25) is 10.2 Å². The Kier molecular flexibility index (Phi) is 7.43. The van der Waals surface area contributed by atoms with Crippen molar-refractivity contribution in [1.29, 1.82) is 0 Å². The molecule has 154 valence electrons. The quantitative estimate of drug-likeness (QED) is 0.314. The first kappa shape index (κ1) is 20.9. The molecule has 0 saturated heterocycles. The van der Waals surface area contributed by atoms with E-state index in [0.29, 0.717) is 23.8 Å². The van der Waals surface area contributed by atoms with E-state index in [2.05, 4.69) is 37.2 Å². The summed E-state index contributed by atoms with van der Waals surface area (Å²) >= 11 is 0. The molecule has 0 spiro atoms. The van der Waals surface area contributed by atoms with Crippen molar-refractivity contribution in [2.45, 2.75) is 19.1 Å². The summed E-state index contributed by atoms with van der Waals surface area (Å²) in [5, 5.41) is 14.2. The van der Waals surface area contributed by atoms with Crippen LogP contribution < -0.4 is 10.8 Å². The lowest BCUT2D eigenvalue weighted by atomic mass is 10.1. The molecule has 3 rings (SSSR count). The number of nitrogens with zero attached hydrogens (tertiary/aromatic N) is 5. The van der Waals surface area contributed by atoms with Crippen molar-refractivity contribution in [2.24, 2.45) is 7.05 Å². The molecule has 0 saturated carbocycles. The van der Waals surface area contributed by atoms with Gasteiger partial charge in [0.1, 0.15) is 25.1 Å². The molecular formula is C20H21N7O3. The summed E-state index contributed by atoms with van der Waals surface area (Å²) in [6.45, 7) is 0.295. The molecule has 2 N–H and O–H groups in total. The van der Waals surface area contributed by atoms with Gasteiger partial charge in [0.05, 0.1) is 5.69 Å². The van der Waals surface area contributed by atoms with E-state index < -0.39 is 6.09 Å². The van der Waals surface area contributed by atoms with Crippen LogP contribution in [0.2, 0.25) is 0 Å². The van der Waals surface area contributed by atoms with E-state index in [4.69, 9.17) is 16.0 Å². The lowest BCUT2D eigenvalue weighted by Gasteiger charge is -2.17. The van der Waals surface area contributed by atoms with Crippen LogP contribution in [-0.4, -0.2) is 37.9 Å². The first-order valence-electron chi connectivity index (χ1n) is 9.15. The molecule has 0 aliphatic heterocycles. The minimum Gasteiger partial charge on any atom is -0.448 e. The molecule has 2 heterocycles. The highest BCUT2D eigenvalue weighted by Gasteiger charge is 2.20. The summed E-state index contributed by atoms with van der Waals surface area (Å²) in [6.07, 6.45) is 4.86. The van der Waals surface area contributed by atoms with Gasteiger partial charge in [-0.05, 0) is 28.1 Å². The second-order valence-electron chi connectivity index (χ2n) is 6.14. The highest BCUT2D eigenvalue weighted by molar-refractivity contribution is 5.83. The van der Waals surface area contributed by atoms with Gasteiger partial charge in [0.25, 0.3) is 0 Å². The molecular weight excluding hydrogens is 386 g/mol. The van der Waals surface area contributed by atoms with Crippen molar-refractivity contribution in [2.75, 3.05) is 11.9 Å². The number of rotatable bonds is 9. The van der Waals surface area contributed by atoms with Crippen molar-refractivity contribution in [1.82, 2.24) is 30.7 Å². The zero-order chi connectivity index (χ0) is 21.2. The van der Waals surface area contributed by atoms with E-state index >= 15 is 0 Å². The zero-order valence-electron chi connectivity index (χ0n) is 16.4. The van der Waals surface area contributed by atoms with Crippen molar-refractivity contribution >= 4 is 11.9 Å². The maximum Gasteiger partial charge on any atom is 0.412 e. The minimum atomic E-state index is -0.618. The van der Waals surface area contributed by atoms with Crippen molar-refractivity contribution in [3.63, 3.8) is 0 Å². The SMILES string of the molecule is C#CCCOC(=O)Nc1cccc(CONC(c2ccccc2)c2nnnn2C)n1. The summed E-state index contributed by atoms with van der Waals surface area (Å²) in [4.78, 5) is 21.7. The summed E-state index contributed by atoms with van der Waals surface area (Å²) in [7, 11) is 1.76. The number of hydroxylamine groups is 1. The second-order valence-corrected chi connectivity index (χ2v) is 6.14. The maximum atomic E-state index is 11.7. The fraction of sp³-hybridized carbons (Fsp3) is 0.250. The molecule has 1 atom stereocenters. The van der Waals surface area contributed by atoms with Gasteiger partial charge in [0, 0.05) is 13.5 Å². The Balaban J connectivity index is 1.60. The highest BCUT2D eigenvalue weighted by Crippen LogP contribution is 2.19. The van der Waals surface area contributed by atoms with Crippen molar-refractivity contribution in [3.05, 3.63) is 65.6 Å². The van der Waals surface area contributed by atoms with E-state index in [1.54, 1.807) is 29.9 Å². The smallest absolute Gasteiger partial charge is 0.412 e. The number of hydrogen-bond donors (Lipinski definition) is 2. The lowest BCUT2D eigenvalue weighted by Crippen LogP contribution is -2.26. The summed E-state index contributed by atoms with van der Waals surface area (Å²) in [5.41, 5.74) is 4.53. The average Bonchev–Trinajstić information content (AvgIpc) is 3.18. The number of pyridine rings is 1. The predicted molar refractivity (Wildman–Crippen MR) is 108 cm³/mol. The number of tetrazole rings is 1.